The molecular formula is C19H20N2O4. The molecule has 0 aliphatic carbocycles. The van der Waals surface area contributed by atoms with Gasteiger partial charge in [-0.3, -0.25) is 14.4 Å². The first kappa shape index (κ1) is 17.0. The lowest BCUT2D eigenvalue weighted by Gasteiger charge is -2.25. The predicted molar refractivity (Wildman–Crippen MR) is 93.5 cm³/mol. The van der Waals surface area contributed by atoms with Gasteiger partial charge < -0.3 is 14.6 Å². The Morgan fingerprint density at radius 2 is 2.00 bits per heavy atom. The number of allylic oxidation sites excluding steroid dienone is 1. The molecule has 130 valence electrons. The predicted octanol–water partition coefficient (Wildman–Crippen LogP) is 2.78. The number of carbonyl (C=O) groups is 3. The van der Waals surface area contributed by atoms with Crippen molar-refractivity contribution in [3.05, 3.63) is 47.8 Å². The zero-order chi connectivity index (χ0) is 18.1. The van der Waals surface area contributed by atoms with Crippen molar-refractivity contribution in [3.8, 4) is 0 Å². The topological polar surface area (TPSA) is 79.6 Å². The Labute approximate surface area is 145 Å². The van der Waals surface area contributed by atoms with E-state index in [0.29, 0.717) is 12.1 Å². The highest BCUT2D eigenvalue weighted by molar-refractivity contribution is 6.07. The summed E-state index contributed by atoms with van der Waals surface area (Å²) in [6.07, 6.45) is 6.22. The summed E-state index contributed by atoms with van der Waals surface area (Å²) in [5, 5.41) is 9.83. The Balaban J connectivity index is 2.01. The number of fused-ring (bicyclic) bond motifs is 1. The SMILES string of the molecule is CC(=O)c1cn(CC(=O)O)c2ccc(C3C=CN(C(C)=O)CC3)cc12. The lowest BCUT2D eigenvalue weighted by atomic mass is 9.92. The number of carboxylic acid groups (broad SMARTS) is 1. The van der Waals surface area contributed by atoms with Crippen LogP contribution in [0.25, 0.3) is 10.9 Å². The molecule has 2 aromatic rings. The molecule has 1 amide bonds. The molecule has 0 spiro atoms. The standard InChI is InChI=1S/C19H20N2O4/c1-12(22)17-10-21(11-19(24)25)18-4-3-15(9-16(17)18)14-5-7-20(8-6-14)13(2)23/h3-5,7,9-10,14H,6,8,11H2,1-2H3,(H,24,25). The molecule has 6 heteroatoms. The highest BCUT2D eigenvalue weighted by atomic mass is 16.4. The van der Waals surface area contributed by atoms with Crippen molar-refractivity contribution in [3.63, 3.8) is 0 Å². The van der Waals surface area contributed by atoms with Crippen molar-refractivity contribution in [1.29, 1.82) is 0 Å². The van der Waals surface area contributed by atoms with Crippen molar-refractivity contribution in [2.75, 3.05) is 6.54 Å². The third-order valence-corrected chi connectivity index (χ3v) is 4.60. The van der Waals surface area contributed by atoms with E-state index in [1.807, 2.05) is 30.5 Å². The number of aliphatic carboxylic acids is 1. The molecule has 1 aromatic carbocycles. The molecule has 1 aromatic heterocycles. The van der Waals surface area contributed by atoms with Crippen molar-refractivity contribution in [2.45, 2.75) is 32.7 Å². The quantitative estimate of drug-likeness (QED) is 0.868. The van der Waals surface area contributed by atoms with Gasteiger partial charge in [-0.25, -0.2) is 0 Å². The van der Waals surface area contributed by atoms with Crippen molar-refractivity contribution in [1.82, 2.24) is 9.47 Å². The van der Waals surface area contributed by atoms with Crippen molar-refractivity contribution >= 4 is 28.6 Å². The van der Waals surface area contributed by atoms with Gasteiger partial charge in [-0.05, 0) is 31.0 Å². The van der Waals surface area contributed by atoms with Crippen LogP contribution in [-0.4, -0.2) is 38.8 Å². The van der Waals surface area contributed by atoms with E-state index in [1.54, 1.807) is 22.6 Å². The van der Waals surface area contributed by atoms with Gasteiger partial charge in [0.25, 0.3) is 0 Å². The molecule has 1 N–H and O–H groups in total. The van der Waals surface area contributed by atoms with Crippen LogP contribution in [0, 0.1) is 0 Å². The maximum absolute atomic E-state index is 11.9. The van der Waals surface area contributed by atoms with Crippen LogP contribution in [0.4, 0.5) is 0 Å². The number of ketones is 1. The first-order chi connectivity index (χ1) is 11.9. The third kappa shape index (κ3) is 3.33. The summed E-state index contributed by atoms with van der Waals surface area (Å²) in [6, 6.07) is 5.79. The van der Waals surface area contributed by atoms with Gasteiger partial charge in [0.15, 0.2) is 5.78 Å². The van der Waals surface area contributed by atoms with Gasteiger partial charge >= 0.3 is 5.97 Å². The van der Waals surface area contributed by atoms with Crippen molar-refractivity contribution < 1.29 is 19.5 Å². The average Bonchev–Trinajstić information content (AvgIpc) is 2.92. The lowest BCUT2D eigenvalue weighted by molar-refractivity contribution is -0.137. The molecule has 2 heterocycles. The first-order valence-electron chi connectivity index (χ1n) is 8.18. The zero-order valence-corrected chi connectivity index (χ0v) is 14.2. The second-order valence-electron chi connectivity index (χ2n) is 6.35. The second kappa shape index (κ2) is 6.55. The molecule has 0 bridgehead atoms. The first-order valence-corrected chi connectivity index (χ1v) is 8.18. The fourth-order valence-electron chi connectivity index (χ4n) is 3.30. The van der Waals surface area contributed by atoms with Crippen molar-refractivity contribution in [2.24, 2.45) is 0 Å². The number of carboxylic acids is 1. The van der Waals surface area contributed by atoms with Crippen LogP contribution in [0.15, 0.2) is 36.7 Å². The number of hydrogen-bond acceptors (Lipinski definition) is 3. The summed E-state index contributed by atoms with van der Waals surface area (Å²) in [5.74, 6) is -0.846. The van der Waals surface area contributed by atoms with Crippen LogP contribution in [0.1, 0.15) is 42.1 Å². The van der Waals surface area contributed by atoms with E-state index in [2.05, 4.69) is 0 Å². The van der Waals surface area contributed by atoms with E-state index >= 15 is 0 Å². The molecule has 0 fully saturated rings. The van der Waals surface area contributed by atoms with Crippen LogP contribution >= 0.6 is 0 Å². The number of amides is 1. The molecule has 1 aliphatic heterocycles. The highest BCUT2D eigenvalue weighted by Crippen LogP contribution is 2.30. The molecule has 6 nitrogen and oxygen atoms in total. The van der Waals surface area contributed by atoms with Crippen LogP contribution in [0.5, 0.6) is 0 Å². The summed E-state index contributed by atoms with van der Waals surface area (Å²) < 4.78 is 1.59. The number of nitrogens with zero attached hydrogens (tertiary/aromatic N) is 2. The zero-order valence-electron chi connectivity index (χ0n) is 14.2. The van der Waals surface area contributed by atoms with E-state index in [1.165, 1.54) is 6.92 Å². The van der Waals surface area contributed by atoms with Gasteiger partial charge in [0.1, 0.15) is 6.54 Å². The number of carbonyl (C=O) groups excluding carboxylic acids is 2. The maximum Gasteiger partial charge on any atom is 0.323 e. The summed E-state index contributed by atoms with van der Waals surface area (Å²) in [5.41, 5.74) is 2.33. The van der Waals surface area contributed by atoms with E-state index < -0.39 is 5.97 Å². The summed E-state index contributed by atoms with van der Waals surface area (Å²) in [6.45, 7) is 3.51. The number of Topliss-reactive ketones (excluding diaryl/α,β-unsaturated/α-hetero) is 1. The van der Waals surface area contributed by atoms with Gasteiger partial charge in [-0.15, -0.1) is 0 Å². The number of benzene rings is 1. The Hall–Kier alpha value is -2.89. The van der Waals surface area contributed by atoms with E-state index in [0.717, 1.165) is 22.9 Å². The van der Waals surface area contributed by atoms with Crippen LogP contribution in [0.3, 0.4) is 0 Å². The minimum Gasteiger partial charge on any atom is -0.480 e. The van der Waals surface area contributed by atoms with Gasteiger partial charge in [0.05, 0.1) is 0 Å². The molecular weight excluding hydrogens is 320 g/mol. The molecule has 0 saturated carbocycles. The second-order valence-corrected chi connectivity index (χ2v) is 6.35. The highest BCUT2D eigenvalue weighted by Gasteiger charge is 2.19. The minimum atomic E-state index is -0.949. The number of rotatable bonds is 4. The molecule has 25 heavy (non-hydrogen) atoms. The van der Waals surface area contributed by atoms with Crippen LogP contribution in [0.2, 0.25) is 0 Å². The summed E-state index contributed by atoms with van der Waals surface area (Å²) >= 11 is 0. The lowest BCUT2D eigenvalue weighted by Crippen LogP contribution is -2.28. The molecule has 1 aliphatic rings. The Kier molecular flexibility index (Phi) is 4.44. The van der Waals surface area contributed by atoms with E-state index in [-0.39, 0.29) is 24.2 Å². The Morgan fingerprint density at radius 3 is 2.56 bits per heavy atom. The smallest absolute Gasteiger partial charge is 0.323 e. The summed E-state index contributed by atoms with van der Waals surface area (Å²) in [7, 11) is 0. The average molecular weight is 340 g/mol. The van der Waals surface area contributed by atoms with Gasteiger partial charge in [-0.1, -0.05) is 12.1 Å². The fourth-order valence-corrected chi connectivity index (χ4v) is 3.30. The molecule has 0 saturated heterocycles. The van der Waals surface area contributed by atoms with E-state index in [9.17, 15) is 14.4 Å². The fraction of sp³-hybridized carbons (Fsp3) is 0.316. The van der Waals surface area contributed by atoms with Gasteiger partial charge in [0, 0.05) is 48.2 Å². The molecule has 3 rings (SSSR count). The van der Waals surface area contributed by atoms with Gasteiger partial charge in [-0.2, -0.15) is 0 Å². The maximum atomic E-state index is 11.9. The van der Waals surface area contributed by atoms with E-state index in [4.69, 9.17) is 5.11 Å². The summed E-state index contributed by atoms with van der Waals surface area (Å²) in [4.78, 5) is 36.1. The normalized spacial score (nSPS) is 17.0. The van der Waals surface area contributed by atoms with Gasteiger partial charge in [0.2, 0.25) is 5.91 Å². The van der Waals surface area contributed by atoms with Crippen LogP contribution < -0.4 is 0 Å². The number of aromatic nitrogens is 1. The monoisotopic (exact) mass is 340 g/mol. The third-order valence-electron chi connectivity index (χ3n) is 4.60. The molecule has 1 unspecified atom stereocenters. The number of hydrogen-bond donors (Lipinski definition) is 1. The largest absolute Gasteiger partial charge is 0.480 e. The Morgan fingerprint density at radius 1 is 1.24 bits per heavy atom. The molecule has 0 radical (unpaired) electrons. The molecule has 1 atom stereocenters. The Bertz CT molecular complexity index is 894. The van der Waals surface area contributed by atoms with Crippen LogP contribution in [-0.2, 0) is 16.1 Å². The minimum absolute atomic E-state index is 0.0229.